The summed E-state index contributed by atoms with van der Waals surface area (Å²) < 4.78 is 11.8. The maximum atomic E-state index is 12.4. The molecule has 1 N–H and O–H groups in total. The first kappa shape index (κ1) is 22.0. The minimum absolute atomic E-state index is 0.168. The summed E-state index contributed by atoms with van der Waals surface area (Å²) in [6.45, 7) is 4.27. The molecule has 158 valence electrons. The number of ether oxygens (including phenoxy) is 2. The van der Waals surface area contributed by atoms with Crippen molar-refractivity contribution >= 4 is 33.2 Å². The van der Waals surface area contributed by atoms with Gasteiger partial charge in [-0.1, -0.05) is 12.8 Å². The van der Waals surface area contributed by atoms with Crippen molar-refractivity contribution in [2.75, 3.05) is 36.5 Å². The van der Waals surface area contributed by atoms with Crippen LogP contribution in [0.15, 0.2) is 40.9 Å². The highest BCUT2D eigenvalue weighted by Crippen LogP contribution is 2.36. The van der Waals surface area contributed by atoms with Crippen LogP contribution in [0.5, 0.6) is 11.5 Å². The van der Waals surface area contributed by atoms with Crippen molar-refractivity contribution in [3.05, 3.63) is 46.4 Å². The summed E-state index contributed by atoms with van der Waals surface area (Å²) in [5.41, 5.74) is 2.37. The molecule has 0 aliphatic carbocycles. The van der Waals surface area contributed by atoms with Gasteiger partial charge in [0.1, 0.15) is 0 Å². The molecule has 1 saturated heterocycles. The van der Waals surface area contributed by atoms with Crippen molar-refractivity contribution in [2.24, 2.45) is 0 Å². The van der Waals surface area contributed by atoms with E-state index in [1.54, 1.807) is 12.1 Å². The van der Waals surface area contributed by atoms with Gasteiger partial charge in [-0.25, -0.2) is 0 Å². The zero-order chi connectivity index (χ0) is 21.3. The Balaban J connectivity index is 1.59. The number of nitrogens with zero attached hydrogens (tertiary/aromatic N) is 2. The predicted molar refractivity (Wildman–Crippen MR) is 121 cm³/mol. The van der Waals surface area contributed by atoms with Crippen LogP contribution in [-0.4, -0.2) is 32.2 Å². The fourth-order valence-electron chi connectivity index (χ4n) is 3.45. The zero-order valence-electron chi connectivity index (χ0n) is 17.1. The first-order chi connectivity index (χ1) is 14.6. The van der Waals surface area contributed by atoms with Gasteiger partial charge in [0, 0.05) is 30.5 Å². The second kappa shape index (κ2) is 10.9. The van der Waals surface area contributed by atoms with Gasteiger partial charge in [0.2, 0.25) is 0 Å². The number of carbonyl (C=O) groups is 1. The van der Waals surface area contributed by atoms with E-state index in [9.17, 15) is 4.79 Å². The van der Waals surface area contributed by atoms with Gasteiger partial charge in [0.05, 0.1) is 22.7 Å². The van der Waals surface area contributed by atoms with Gasteiger partial charge in [-0.05, 0) is 66.0 Å². The number of amides is 1. The fourth-order valence-corrected chi connectivity index (χ4v) is 4.01. The molecule has 0 bridgehead atoms. The number of hydrogen-bond donors (Lipinski definition) is 1. The molecule has 0 atom stereocenters. The molecule has 1 amide bonds. The summed E-state index contributed by atoms with van der Waals surface area (Å²) in [6, 6.07) is 13.2. The van der Waals surface area contributed by atoms with E-state index in [1.807, 2.05) is 31.2 Å². The van der Waals surface area contributed by atoms with E-state index in [1.165, 1.54) is 31.4 Å². The molecular weight excluding hydrogens is 446 g/mol. The van der Waals surface area contributed by atoms with Crippen molar-refractivity contribution in [2.45, 2.75) is 32.6 Å². The molecule has 0 saturated carbocycles. The van der Waals surface area contributed by atoms with E-state index in [2.05, 4.69) is 32.2 Å². The molecule has 1 aliphatic heterocycles. The van der Waals surface area contributed by atoms with Gasteiger partial charge in [-0.2, -0.15) is 5.26 Å². The van der Waals surface area contributed by atoms with E-state index in [-0.39, 0.29) is 12.5 Å². The standard InChI is InChI=1S/C23H26BrN3O3/c1-2-29-21-14-17(15-25)13-20(24)23(21)30-16-22(28)26-18-7-9-19(10-8-18)27-11-5-3-4-6-12-27/h7-10,13-14H,2-6,11-12,16H2,1H3,(H,26,28). The number of hydrogen-bond acceptors (Lipinski definition) is 5. The Labute approximate surface area is 185 Å². The summed E-state index contributed by atoms with van der Waals surface area (Å²) in [7, 11) is 0. The van der Waals surface area contributed by atoms with Crippen molar-refractivity contribution in [1.29, 1.82) is 5.26 Å². The summed E-state index contributed by atoms with van der Waals surface area (Å²) in [6.07, 6.45) is 5.05. The lowest BCUT2D eigenvalue weighted by Crippen LogP contribution is -2.24. The van der Waals surface area contributed by atoms with Crippen LogP contribution in [-0.2, 0) is 4.79 Å². The summed E-state index contributed by atoms with van der Waals surface area (Å²) in [5.74, 6) is 0.566. The van der Waals surface area contributed by atoms with Gasteiger partial charge in [-0.15, -0.1) is 0 Å². The number of nitriles is 1. The lowest BCUT2D eigenvalue weighted by Gasteiger charge is -2.22. The molecule has 30 heavy (non-hydrogen) atoms. The lowest BCUT2D eigenvalue weighted by atomic mass is 10.2. The number of nitrogens with one attached hydrogen (secondary N) is 1. The Bertz CT molecular complexity index is 901. The van der Waals surface area contributed by atoms with Crippen LogP contribution >= 0.6 is 15.9 Å². The third-order valence-corrected chi connectivity index (χ3v) is 5.50. The molecule has 2 aromatic carbocycles. The monoisotopic (exact) mass is 471 g/mol. The average Bonchev–Trinajstić information content (AvgIpc) is 3.03. The van der Waals surface area contributed by atoms with Gasteiger partial charge in [0.25, 0.3) is 5.91 Å². The normalized spacial score (nSPS) is 13.8. The molecule has 1 aliphatic rings. The SMILES string of the molecule is CCOc1cc(C#N)cc(Br)c1OCC(=O)Nc1ccc(N2CCCCCC2)cc1. The molecule has 3 rings (SSSR count). The van der Waals surface area contributed by atoms with Gasteiger partial charge in [0.15, 0.2) is 18.1 Å². The maximum absolute atomic E-state index is 12.4. The molecule has 0 unspecified atom stereocenters. The Morgan fingerprint density at radius 3 is 2.47 bits per heavy atom. The van der Waals surface area contributed by atoms with Crippen molar-refractivity contribution in [3.8, 4) is 17.6 Å². The topological polar surface area (TPSA) is 74.6 Å². The Morgan fingerprint density at radius 1 is 1.13 bits per heavy atom. The largest absolute Gasteiger partial charge is 0.490 e. The van der Waals surface area contributed by atoms with Gasteiger partial charge < -0.3 is 19.7 Å². The maximum Gasteiger partial charge on any atom is 0.262 e. The Kier molecular flexibility index (Phi) is 7.97. The predicted octanol–water partition coefficient (Wildman–Crippen LogP) is 5.12. The fraction of sp³-hybridized carbons (Fsp3) is 0.391. The average molecular weight is 472 g/mol. The molecule has 7 heteroatoms. The Hall–Kier alpha value is -2.72. The number of rotatable bonds is 7. The second-order valence-electron chi connectivity index (χ2n) is 7.12. The van der Waals surface area contributed by atoms with Gasteiger partial charge in [-0.3, -0.25) is 4.79 Å². The minimum Gasteiger partial charge on any atom is -0.490 e. The molecule has 0 radical (unpaired) electrons. The van der Waals surface area contributed by atoms with Crippen molar-refractivity contribution in [1.82, 2.24) is 0 Å². The molecule has 2 aromatic rings. The third-order valence-electron chi connectivity index (χ3n) is 4.91. The van der Waals surface area contributed by atoms with E-state index in [0.717, 1.165) is 18.8 Å². The van der Waals surface area contributed by atoms with Crippen LogP contribution in [0.1, 0.15) is 38.2 Å². The third kappa shape index (κ3) is 5.90. The molecule has 1 fully saturated rings. The molecule has 0 aromatic heterocycles. The van der Waals surface area contributed by atoms with Crippen LogP contribution in [0.2, 0.25) is 0 Å². The van der Waals surface area contributed by atoms with Gasteiger partial charge >= 0.3 is 0 Å². The van der Waals surface area contributed by atoms with Crippen LogP contribution in [0.4, 0.5) is 11.4 Å². The molecular formula is C23H26BrN3O3. The van der Waals surface area contributed by atoms with Crippen LogP contribution < -0.4 is 19.7 Å². The number of benzene rings is 2. The highest BCUT2D eigenvalue weighted by Gasteiger charge is 2.15. The number of halogens is 1. The van der Waals surface area contributed by atoms with Crippen LogP contribution in [0.3, 0.4) is 0 Å². The summed E-state index contributed by atoms with van der Waals surface area (Å²) >= 11 is 3.38. The Morgan fingerprint density at radius 2 is 1.83 bits per heavy atom. The van der Waals surface area contributed by atoms with Crippen LogP contribution in [0, 0.1) is 11.3 Å². The smallest absolute Gasteiger partial charge is 0.262 e. The summed E-state index contributed by atoms with van der Waals surface area (Å²) in [5, 5.41) is 12.0. The zero-order valence-corrected chi connectivity index (χ0v) is 18.7. The first-order valence-electron chi connectivity index (χ1n) is 10.2. The van der Waals surface area contributed by atoms with E-state index in [0.29, 0.717) is 28.1 Å². The van der Waals surface area contributed by atoms with E-state index in [4.69, 9.17) is 14.7 Å². The lowest BCUT2D eigenvalue weighted by molar-refractivity contribution is -0.118. The number of carbonyl (C=O) groups excluding carboxylic acids is 1. The first-order valence-corrected chi connectivity index (χ1v) is 11.0. The molecule has 0 spiro atoms. The quantitative estimate of drug-likeness (QED) is 0.606. The van der Waals surface area contributed by atoms with Crippen LogP contribution in [0.25, 0.3) is 0 Å². The van der Waals surface area contributed by atoms with Crippen molar-refractivity contribution < 1.29 is 14.3 Å². The summed E-state index contributed by atoms with van der Waals surface area (Å²) in [4.78, 5) is 14.8. The minimum atomic E-state index is -0.267. The molecule has 1 heterocycles. The highest BCUT2D eigenvalue weighted by atomic mass is 79.9. The number of anilines is 2. The van der Waals surface area contributed by atoms with E-state index >= 15 is 0 Å². The highest BCUT2D eigenvalue weighted by molar-refractivity contribution is 9.10. The van der Waals surface area contributed by atoms with E-state index < -0.39 is 0 Å². The molecule has 6 nitrogen and oxygen atoms in total. The second-order valence-corrected chi connectivity index (χ2v) is 7.97. The van der Waals surface area contributed by atoms with Crippen molar-refractivity contribution in [3.63, 3.8) is 0 Å².